The van der Waals surface area contributed by atoms with Gasteiger partial charge in [0.2, 0.25) is 0 Å². The molecule has 1 saturated heterocycles. The summed E-state index contributed by atoms with van der Waals surface area (Å²) in [4.78, 5) is 30.0. The molecule has 0 saturated carbocycles. The first-order valence-electron chi connectivity index (χ1n) is 8.77. The van der Waals surface area contributed by atoms with E-state index < -0.39 is 5.97 Å². The average molecular weight is 353 g/mol. The molecule has 1 amide bonds. The predicted molar refractivity (Wildman–Crippen MR) is 100 cm³/mol. The van der Waals surface area contributed by atoms with Gasteiger partial charge in [0.1, 0.15) is 5.82 Å². The van der Waals surface area contributed by atoms with Gasteiger partial charge in [-0.2, -0.15) is 0 Å². The number of nitrogens with zero attached hydrogens (tertiary/aromatic N) is 2. The van der Waals surface area contributed by atoms with Crippen LogP contribution in [0.4, 0.5) is 5.82 Å². The van der Waals surface area contributed by atoms with Crippen LogP contribution in [0.25, 0.3) is 11.1 Å². The lowest BCUT2D eigenvalue weighted by atomic mass is 9.95. The van der Waals surface area contributed by atoms with Crippen molar-refractivity contribution in [1.82, 2.24) is 10.3 Å². The predicted octanol–water partition coefficient (Wildman–Crippen LogP) is 2.72. The molecule has 2 N–H and O–H groups in total. The first kappa shape index (κ1) is 17.9. The third-order valence-electron chi connectivity index (χ3n) is 4.96. The van der Waals surface area contributed by atoms with Crippen LogP contribution in [0.2, 0.25) is 0 Å². The van der Waals surface area contributed by atoms with Crippen LogP contribution >= 0.6 is 0 Å². The number of aryl methyl sites for hydroxylation is 1. The second-order valence-corrected chi connectivity index (χ2v) is 6.58. The number of aliphatic carboxylic acids is 1. The molecule has 26 heavy (non-hydrogen) atoms. The van der Waals surface area contributed by atoms with E-state index in [0.29, 0.717) is 31.5 Å². The quantitative estimate of drug-likeness (QED) is 0.883. The minimum atomic E-state index is -0.729. The Labute approximate surface area is 152 Å². The highest BCUT2D eigenvalue weighted by Gasteiger charge is 2.26. The maximum absolute atomic E-state index is 12.3. The molecule has 6 nitrogen and oxygen atoms in total. The Morgan fingerprint density at radius 2 is 1.88 bits per heavy atom. The lowest BCUT2D eigenvalue weighted by molar-refractivity contribution is -0.142. The minimum Gasteiger partial charge on any atom is -0.481 e. The summed E-state index contributed by atoms with van der Waals surface area (Å²) in [5, 5.41) is 11.8. The number of hydrogen-bond acceptors (Lipinski definition) is 4. The van der Waals surface area contributed by atoms with Crippen molar-refractivity contribution in [2.75, 3.05) is 25.0 Å². The molecule has 1 fully saturated rings. The topological polar surface area (TPSA) is 82.5 Å². The van der Waals surface area contributed by atoms with Gasteiger partial charge in [-0.05, 0) is 42.5 Å². The Bertz CT molecular complexity index is 827. The number of carbonyl (C=O) groups is 2. The summed E-state index contributed by atoms with van der Waals surface area (Å²) in [7, 11) is 1.61. The molecule has 0 spiro atoms. The number of amides is 1. The summed E-state index contributed by atoms with van der Waals surface area (Å²) in [5.41, 5.74) is 3.45. The number of pyridine rings is 1. The Hall–Kier alpha value is -2.89. The van der Waals surface area contributed by atoms with Gasteiger partial charge < -0.3 is 15.3 Å². The van der Waals surface area contributed by atoms with Crippen molar-refractivity contribution in [3.63, 3.8) is 0 Å². The van der Waals surface area contributed by atoms with Crippen molar-refractivity contribution >= 4 is 17.7 Å². The molecule has 6 heteroatoms. The van der Waals surface area contributed by atoms with Crippen LogP contribution in [0.5, 0.6) is 0 Å². The number of hydrogen-bond donors (Lipinski definition) is 2. The second-order valence-electron chi connectivity index (χ2n) is 6.58. The van der Waals surface area contributed by atoms with Crippen molar-refractivity contribution in [2.45, 2.75) is 19.8 Å². The summed E-state index contributed by atoms with van der Waals surface area (Å²) in [6.45, 7) is 3.31. The maximum Gasteiger partial charge on any atom is 0.306 e. The third-order valence-corrected chi connectivity index (χ3v) is 4.96. The largest absolute Gasteiger partial charge is 0.481 e. The van der Waals surface area contributed by atoms with Gasteiger partial charge in [-0.1, -0.05) is 24.3 Å². The molecule has 1 aliphatic rings. The van der Waals surface area contributed by atoms with Gasteiger partial charge in [0.15, 0.2) is 0 Å². The Morgan fingerprint density at radius 3 is 2.50 bits per heavy atom. The fraction of sp³-hybridized carbons (Fsp3) is 0.350. The Morgan fingerprint density at radius 1 is 1.19 bits per heavy atom. The average Bonchev–Trinajstić information content (AvgIpc) is 2.67. The third kappa shape index (κ3) is 3.54. The molecule has 0 atom stereocenters. The number of carbonyl (C=O) groups excluding carboxylic acids is 1. The van der Waals surface area contributed by atoms with Crippen molar-refractivity contribution < 1.29 is 14.7 Å². The van der Waals surface area contributed by atoms with Gasteiger partial charge in [-0.15, -0.1) is 0 Å². The molecule has 0 radical (unpaired) electrons. The summed E-state index contributed by atoms with van der Waals surface area (Å²) in [6, 6.07) is 9.87. The van der Waals surface area contributed by atoms with Gasteiger partial charge in [0.25, 0.3) is 5.91 Å². The highest BCUT2D eigenvalue weighted by Crippen LogP contribution is 2.31. The standard InChI is InChI=1S/C20H23N3O3/c1-13-5-3-4-6-15(13)16-11-18(22-12-17(16)19(24)21-2)23-9-7-14(8-10-23)20(25)26/h3-6,11-12,14H,7-10H2,1-2H3,(H,21,24)(H,25,26). The molecule has 2 aromatic rings. The van der Waals surface area contributed by atoms with Gasteiger partial charge >= 0.3 is 5.97 Å². The highest BCUT2D eigenvalue weighted by molar-refractivity contribution is 6.01. The molecule has 0 aliphatic carbocycles. The zero-order valence-corrected chi connectivity index (χ0v) is 15.0. The van der Waals surface area contributed by atoms with E-state index in [0.717, 1.165) is 22.5 Å². The zero-order valence-electron chi connectivity index (χ0n) is 15.0. The lowest BCUT2D eigenvalue weighted by Crippen LogP contribution is -2.36. The molecule has 1 aromatic heterocycles. The van der Waals surface area contributed by atoms with Crippen molar-refractivity contribution in [3.05, 3.63) is 47.7 Å². The second kappa shape index (κ2) is 7.56. The van der Waals surface area contributed by atoms with Gasteiger partial charge in [0, 0.05) is 26.3 Å². The first-order chi connectivity index (χ1) is 12.5. The summed E-state index contributed by atoms with van der Waals surface area (Å²) in [6.07, 6.45) is 2.82. The van der Waals surface area contributed by atoms with Gasteiger partial charge in [-0.3, -0.25) is 9.59 Å². The molecule has 136 valence electrons. The molecule has 1 aromatic carbocycles. The van der Waals surface area contributed by atoms with E-state index in [-0.39, 0.29) is 11.8 Å². The molecular formula is C20H23N3O3. The van der Waals surface area contributed by atoms with E-state index in [2.05, 4.69) is 15.2 Å². The van der Waals surface area contributed by atoms with Crippen molar-refractivity contribution in [1.29, 1.82) is 0 Å². The summed E-state index contributed by atoms with van der Waals surface area (Å²) in [5.74, 6) is -0.410. The van der Waals surface area contributed by atoms with Crippen molar-refractivity contribution in [3.8, 4) is 11.1 Å². The normalized spacial score (nSPS) is 14.9. The molecule has 1 aliphatic heterocycles. The van der Waals surface area contributed by atoms with Gasteiger partial charge in [0.05, 0.1) is 11.5 Å². The smallest absolute Gasteiger partial charge is 0.306 e. The number of aromatic nitrogens is 1. The van der Waals surface area contributed by atoms with Crippen LogP contribution in [0.15, 0.2) is 36.5 Å². The maximum atomic E-state index is 12.3. The van der Waals surface area contributed by atoms with E-state index >= 15 is 0 Å². The minimum absolute atomic E-state index is 0.174. The molecule has 3 rings (SSSR count). The van der Waals surface area contributed by atoms with Crippen molar-refractivity contribution in [2.24, 2.45) is 5.92 Å². The number of piperidine rings is 1. The summed E-state index contributed by atoms with van der Waals surface area (Å²) >= 11 is 0. The van der Waals surface area contributed by atoms with Crippen LogP contribution in [0.1, 0.15) is 28.8 Å². The number of anilines is 1. The number of carboxylic acid groups (broad SMARTS) is 1. The molecule has 2 heterocycles. The van der Waals surface area contributed by atoms with E-state index in [1.807, 2.05) is 37.3 Å². The van der Waals surface area contributed by atoms with Crippen LogP contribution < -0.4 is 10.2 Å². The van der Waals surface area contributed by atoms with Crippen LogP contribution in [-0.2, 0) is 4.79 Å². The number of rotatable bonds is 4. The number of benzene rings is 1. The number of nitrogens with one attached hydrogen (secondary N) is 1. The molecule has 0 bridgehead atoms. The molecule has 0 unspecified atom stereocenters. The SMILES string of the molecule is CNC(=O)c1cnc(N2CCC(C(=O)O)CC2)cc1-c1ccccc1C. The monoisotopic (exact) mass is 353 g/mol. The zero-order chi connectivity index (χ0) is 18.7. The number of carboxylic acids is 1. The molecular weight excluding hydrogens is 330 g/mol. The summed E-state index contributed by atoms with van der Waals surface area (Å²) < 4.78 is 0. The fourth-order valence-electron chi connectivity index (χ4n) is 3.39. The Balaban J connectivity index is 1.97. The first-order valence-corrected chi connectivity index (χ1v) is 8.77. The van der Waals surface area contributed by atoms with E-state index in [9.17, 15) is 9.59 Å². The van der Waals surface area contributed by atoms with Crippen LogP contribution in [0, 0.1) is 12.8 Å². The fourth-order valence-corrected chi connectivity index (χ4v) is 3.39. The van der Waals surface area contributed by atoms with Crippen LogP contribution in [-0.4, -0.2) is 42.1 Å². The highest BCUT2D eigenvalue weighted by atomic mass is 16.4. The van der Waals surface area contributed by atoms with Gasteiger partial charge in [-0.25, -0.2) is 4.98 Å². The van der Waals surface area contributed by atoms with Crippen LogP contribution in [0.3, 0.4) is 0 Å². The lowest BCUT2D eigenvalue weighted by Gasteiger charge is -2.31. The van der Waals surface area contributed by atoms with E-state index in [1.54, 1.807) is 13.2 Å². The Kier molecular flexibility index (Phi) is 5.21. The van der Waals surface area contributed by atoms with E-state index in [4.69, 9.17) is 5.11 Å². The van der Waals surface area contributed by atoms with E-state index in [1.165, 1.54) is 0 Å².